The minimum Gasteiger partial charge on any atom is -0.368 e. The van der Waals surface area contributed by atoms with Crippen LogP contribution in [0.3, 0.4) is 0 Å². The first-order chi connectivity index (χ1) is 21.9. The molecule has 0 saturated carbocycles. The van der Waals surface area contributed by atoms with Crippen LogP contribution >= 0.6 is 11.6 Å². The number of fused-ring (bicyclic) bond motifs is 1. The maximum absolute atomic E-state index is 14.1. The van der Waals surface area contributed by atoms with E-state index in [1.165, 1.54) is 22.4 Å². The molecule has 10 heteroatoms. The van der Waals surface area contributed by atoms with Gasteiger partial charge in [-0.05, 0) is 67.2 Å². The summed E-state index contributed by atoms with van der Waals surface area (Å²) in [5.41, 5.74) is 5.98. The number of piperazine rings is 1. The van der Waals surface area contributed by atoms with Gasteiger partial charge in [0, 0.05) is 68.4 Å². The van der Waals surface area contributed by atoms with E-state index in [2.05, 4.69) is 69.4 Å². The van der Waals surface area contributed by atoms with E-state index in [1.54, 1.807) is 12.7 Å². The highest BCUT2D eigenvalue weighted by Crippen LogP contribution is 2.37. The van der Waals surface area contributed by atoms with E-state index in [0.717, 1.165) is 38.0 Å². The van der Waals surface area contributed by atoms with Gasteiger partial charge < -0.3 is 15.1 Å². The van der Waals surface area contributed by atoms with E-state index in [-0.39, 0.29) is 17.9 Å². The van der Waals surface area contributed by atoms with Crippen LogP contribution in [0.1, 0.15) is 55.8 Å². The van der Waals surface area contributed by atoms with Crippen LogP contribution in [0, 0.1) is 0 Å². The molecule has 1 saturated heterocycles. The van der Waals surface area contributed by atoms with Crippen LogP contribution in [0.4, 0.5) is 0 Å². The maximum Gasteiger partial charge on any atom is 0.245 e. The summed E-state index contributed by atoms with van der Waals surface area (Å²) in [6.07, 6.45) is 10.5. The summed E-state index contributed by atoms with van der Waals surface area (Å²) in [4.78, 5) is 38.5. The van der Waals surface area contributed by atoms with E-state index in [9.17, 15) is 9.59 Å². The number of hydrogen-bond donors (Lipinski definition) is 1. The number of nitrogens with zero attached hydrogens (tertiary/aromatic N) is 6. The summed E-state index contributed by atoms with van der Waals surface area (Å²) in [7, 11) is 0. The molecule has 2 atom stereocenters. The third-order valence-corrected chi connectivity index (χ3v) is 9.45. The van der Waals surface area contributed by atoms with Crippen molar-refractivity contribution in [3.05, 3.63) is 106 Å². The predicted molar refractivity (Wildman–Crippen MR) is 175 cm³/mol. The van der Waals surface area contributed by atoms with Gasteiger partial charge in [0.25, 0.3) is 0 Å². The summed E-state index contributed by atoms with van der Waals surface area (Å²) in [5, 5.41) is 8.10. The number of carbonyl (C=O) groups is 2. The first-order valence-corrected chi connectivity index (χ1v) is 16.4. The number of hydrogen-bond acceptors (Lipinski definition) is 6. The van der Waals surface area contributed by atoms with Crippen molar-refractivity contribution >= 4 is 23.4 Å². The highest BCUT2D eigenvalue weighted by atomic mass is 35.5. The zero-order chi connectivity index (χ0) is 31.3. The van der Waals surface area contributed by atoms with Gasteiger partial charge in [-0.1, -0.05) is 54.1 Å². The molecule has 1 aromatic heterocycles. The van der Waals surface area contributed by atoms with E-state index >= 15 is 0 Å². The highest BCUT2D eigenvalue weighted by molar-refractivity contribution is 6.30. The van der Waals surface area contributed by atoms with Gasteiger partial charge in [-0.15, -0.1) is 0 Å². The van der Waals surface area contributed by atoms with Gasteiger partial charge >= 0.3 is 0 Å². The van der Waals surface area contributed by atoms with Crippen molar-refractivity contribution in [3.8, 4) is 0 Å². The second kappa shape index (κ2) is 14.0. The lowest BCUT2D eigenvalue weighted by Crippen LogP contribution is -2.55. The minimum atomic E-state index is -0.661. The van der Waals surface area contributed by atoms with Crippen LogP contribution in [-0.4, -0.2) is 79.5 Å². The molecule has 1 fully saturated rings. The van der Waals surface area contributed by atoms with Crippen molar-refractivity contribution in [1.82, 2.24) is 34.8 Å². The first-order valence-electron chi connectivity index (χ1n) is 16.0. The Morgan fingerprint density at radius 3 is 2.56 bits per heavy atom. The highest BCUT2D eigenvalue weighted by Gasteiger charge is 2.35. The van der Waals surface area contributed by atoms with Crippen molar-refractivity contribution in [1.29, 1.82) is 0 Å². The molecule has 45 heavy (non-hydrogen) atoms. The Labute approximate surface area is 270 Å². The Hall–Kier alpha value is -3.95. The van der Waals surface area contributed by atoms with Crippen LogP contribution in [0.2, 0.25) is 5.02 Å². The Bertz CT molecular complexity index is 1540. The number of amides is 2. The molecule has 1 N–H and O–H groups in total. The number of nitrogens with one attached hydrogen (secondary N) is 1. The number of benzene rings is 2. The number of carbonyl (C=O) groups excluding carboxylic acids is 2. The van der Waals surface area contributed by atoms with Gasteiger partial charge in [0.1, 0.15) is 18.7 Å². The molecule has 3 aromatic rings. The topological polar surface area (TPSA) is 86.6 Å². The standard InChI is InChI=1S/C35H42ClN7O2/c1-25(2)43-22-27-7-3-5-9-30(27)33(43)20-34(44)39-31(19-26-11-13-29(36)14-12-26)35(45)41-17-15-40(16-18-41)32-10-6-4-8-28(32)21-42-24-37-23-38-42/h3,5-7,9-14,23-25,31,33H,4,8,15-22H2,1-2H3,(H,39,44)/t31-,33?/m1/s1. The van der Waals surface area contributed by atoms with Gasteiger partial charge in [-0.25, -0.2) is 9.67 Å². The minimum absolute atomic E-state index is 0.0143. The fraction of sp³-hybridized carbons (Fsp3) is 0.429. The SMILES string of the molecule is CC(C)N1Cc2ccccc2C1CC(=O)N[C@H](Cc1ccc(Cl)cc1)C(=O)N1CCN(C2=C(Cn3cncn3)CCC=C2)CC1. The smallest absolute Gasteiger partial charge is 0.245 e. The first kappa shape index (κ1) is 31.0. The largest absolute Gasteiger partial charge is 0.368 e. The molecule has 2 amide bonds. The molecule has 1 aliphatic carbocycles. The maximum atomic E-state index is 14.1. The molecule has 236 valence electrons. The van der Waals surface area contributed by atoms with Gasteiger partial charge in [-0.3, -0.25) is 14.5 Å². The summed E-state index contributed by atoms with van der Waals surface area (Å²) in [6, 6.07) is 15.5. The molecule has 2 aliphatic heterocycles. The normalized spacial score (nSPS) is 19.2. The molecular formula is C35H42ClN7O2. The summed E-state index contributed by atoms with van der Waals surface area (Å²) < 4.78 is 1.86. The fourth-order valence-electron chi connectivity index (χ4n) is 6.83. The molecule has 0 bridgehead atoms. The number of aromatic nitrogens is 3. The number of allylic oxidation sites excluding steroid dienone is 3. The second-order valence-corrected chi connectivity index (χ2v) is 12.9. The van der Waals surface area contributed by atoms with E-state index in [0.29, 0.717) is 43.5 Å². The third-order valence-electron chi connectivity index (χ3n) is 9.20. The molecule has 0 radical (unpaired) electrons. The monoisotopic (exact) mass is 627 g/mol. The Balaban J connectivity index is 1.15. The Morgan fingerprint density at radius 2 is 1.82 bits per heavy atom. The average molecular weight is 628 g/mol. The zero-order valence-electron chi connectivity index (χ0n) is 26.1. The zero-order valence-corrected chi connectivity index (χ0v) is 26.9. The molecule has 9 nitrogen and oxygen atoms in total. The molecular weight excluding hydrogens is 586 g/mol. The van der Waals surface area contributed by atoms with Gasteiger partial charge in [0.15, 0.2) is 0 Å². The van der Waals surface area contributed by atoms with Crippen LogP contribution < -0.4 is 5.32 Å². The molecule has 3 heterocycles. The van der Waals surface area contributed by atoms with E-state index in [1.807, 2.05) is 39.9 Å². The van der Waals surface area contributed by atoms with Crippen LogP contribution in [0.5, 0.6) is 0 Å². The molecule has 1 unspecified atom stereocenters. The molecule has 2 aromatic carbocycles. The van der Waals surface area contributed by atoms with Gasteiger partial charge in [0.05, 0.1) is 6.54 Å². The summed E-state index contributed by atoms with van der Waals surface area (Å²) in [6.45, 7) is 8.53. The van der Waals surface area contributed by atoms with Crippen molar-refractivity contribution in [3.63, 3.8) is 0 Å². The van der Waals surface area contributed by atoms with Gasteiger partial charge in [0.2, 0.25) is 11.8 Å². The van der Waals surface area contributed by atoms with E-state index in [4.69, 9.17) is 11.6 Å². The van der Waals surface area contributed by atoms with Crippen molar-refractivity contribution < 1.29 is 9.59 Å². The molecule has 3 aliphatic rings. The summed E-state index contributed by atoms with van der Waals surface area (Å²) >= 11 is 6.15. The lowest BCUT2D eigenvalue weighted by molar-refractivity contribution is -0.138. The lowest BCUT2D eigenvalue weighted by atomic mass is 9.99. The lowest BCUT2D eigenvalue weighted by Gasteiger charge is -2.39. The third kappa shape index (κ3) is 7.31. The van der Waals surface area contributed by atoms with Crippen LogP contribution in [0.15, 0.2) is 84.6 Å². The summed E-state index contributed by atoms with van der Waals surface area (Å²) in [5.74, 6) is -0.148. The fourth-order valence-corrected chi connectivity index (χ4v) is 6.96. The second-order valence-electron chi connectivity index (χ2n) is 12.5. The van der Waals surface area contributed by atoms with E-state index < -0.39 is 6.04 Å². The van der Waals surface area contributed by atoms with Crippen molar-refractivity contribution in [2.24, 2.45) is 0 Å². The number of rotatable bonds is 10. The van der Waals surface area contributed by atoms with Crippen LogP contribution in [-0.2, 0) is 29.1 Å². The molecule has 0 spiro atoms. The van der Waals surface area contributed by atoms with Crippen molar-refractivity contribution in [2.45, 2.75) is 70.7 Å². The molecule has 6 rings (SSSR count). The number of halogens is 1. The van der Waals surface area contributed by atoms with Crippen molar-refractivity contribution in [2.75, 3.05) is 26.2 Å². The Morgan fingerprint density at radius 1 is 1.04 bits per heavy atom. The quantitative estimate of drug-likeness (QED) is 0.349. The van der Waals surface area contributed by atoms with Gasteiger partial charge in [-0.2, -0.15) is 5.10 Å². The average Bonchev–Trinajstić information content (AvgIpc) is 3.70. The van der Waals surface area contributed by atoms with Crippen LogP contribution in [0.25, 0.3) is 0 Å². The Kier molecular flexibility index (Phi) is 9.66. The predicted octanol–water partition coefficient (Wildman–Crippen LogP) is 4.76.